The average molecular weight is 506 g/mol. The van der Waals surface area contributed by atoms with Gasteiger partial charge in [0.1, 0.15) is 5.75 Å². The summed E-state index contributed by atoms with van der Waals surface area (Å²) in [4.78, 5) is 17.1. The third-order valence-corrected chi connectivity index (χ3v) is 8.72. The van der Waals surface area contributed by atoms with Crippen molar-refractivity contribution < 1.29 is 17.9 Å². The summed E-state index contributed by atoms with van der Waals surface area (Å²) >= 11 is 0. The zero-order valence-corrected chi connectivity index (χ0v) is 21.3. The van der Waals surface area contributed by atoms with Crippen molar-refractivity contribution in [3.63, 3.8) is 0 Å². The number of carbonyl (C=O) groups is 1. The quantitative estimate of drug-likeness (QED) is 0.509. The van der Waals surface area contributed by atoms with E-state index in [-0.39, 0.29) is 17.4 Å². The molecule has 7 nitrogen and oxygen atoms in total. The average Bonchev–Trinajstić information content (AvgIpc) is 2.92. The molecule has 0 spiro atoms. The molecule has 3 aromatic carbocycles. The minimum Gasteiger partial charge on any atom is -0.483 e. The van der Waals surface area contributed by atoms with Crippen LogP contribution in [0.3, 0.4) is 0 Å². The minimum atomic E-state index is -3.69. The molecule has 0 saturated carbocycles. The lowest BCUT2D eigenvalue weighted by Gasteiger charge is -2.36. The Bertz CT molecular complexity index is 1340. The van der Waals surface area contributed by atoms with Crippen molar-refractivity contribution in [3.05, 3.63) is 83.9 Å². The number of hydrogen-bond acceptors (Lipinski definition) is 5. The lowest BCUT2D eigenvalue weighted by molar-refractivity contribution is -0.133. The van der Waals surface area contributed by atoms with Crippen molar-refractivity contribution >= 4 is 27.3 Å². The summed E-state index contributed by atoms with van der Waals surface area (Å²) in [5.74, 6) is 0.452. The summed E-state index contributed by atoms with van der Waals surface area (Å²) in [5, 5.41) is 0. The van der Waals surface area contributed by atoms with E-state index in [0.717, 1.165) is 37.2 Å². The fraction of sp³-hybridized carbons (Fsp3) is 0.321. The van der Waals surface area contributed by atoms with Gasteiger partial charge in [0.15, 0.2) is 6.61 Å². The molecule has 1 fully saturated rings. The maximum Gasteiger partial charge on any atom is 0.264 e. The largest absolute Gasteiger partial charge is 0.483 e. The second-order valence-corrected chi connectivity index (χ2v) is 11.1. The van der Waals surface area contributed by atoms with Gasteiger partial charge in [-0.05, 0) is 67.3 Å². The van der Waals surface area contributed by atoms with Gasteiger partial charge < -0.3 is 14.5 Å². The number of para-hydroxylation sites is 2. The number of anilines is 2. The topological polar surface area (TPSA) is 70.2 Å². The molecule has 1 amide bonds. The molecule has 2 aliphatic rings. The highest BCUT2D eigenvalue weighted by atomic mass is 32.2. The Morgan fingerprint density at radius 3 is 2.36 bits per heavy atom. The first-order valence-electron chi connectivity index (χ1n) is 12.4. The van der Waals surface area contributed by atoms with E-state index >= 15 is 0 Å². The Hall–Kier alpha value is -3.52. The van der Waals surface area contributed by atoms with Gasteiger partial charge in [-0.2, -0.15) is 0 Å². The normalized spacial score (nSPS) is 16.0. The van der Waals surface area contributed by atoms with E-state index < -0.39 is 10.0 Å². The molecule has 188 valence electrons. The predicted molar refractivity (Wildman–Crippen MR) is 141 cm³/mol. The van der Waals surface area contributed by atoms with Gasteiger partial charge in [0.05, 0.1) is 10.6 Å². The van der Waals surface area contributed by atoms with Gasteiger partial charge in [0.25, 0.3) is 15.9 Å². The second kappa shape index (κ2) is 10.2. The van der Waals surface area contributed by atoms with Crippen molar-refractivity contribution in [3.8, 4) is 5.75 Å². The molecule has 5 rings (SSSR count). The zero-order chi connectivity index (χ0) is 25.1. The molecular formula is C28H31N3O4S. The summed E-state index contributed by atoms with van der Waals surface area (Å²) in [5.41, 5.74) is 3.65. The third-order valence-electron chi connectivity index (χ3n) is 6.91. The number of ether oxygens (including phenoxy) is 1. The van der Waals surface area contributed by atoms with Crippen molar-refractivity contribution in [1.29, 1.82) is 0 Å². The van der Waals surface area contributed by atoms with Crippen molar-refractivity contribution in [2.24, 2.45) is 0 Å². The zero-order valence-electron chi connectivity index (χ0n) is 20.5. The van der Waals surface area contributed by atoms with Crippen LogP contribution in [0.25, 0.3) is 0 Å². The maximum atomic E-state index is 13.4. The number of benzene rings is 3. The van der Waals surface area contributed by atoms with Crippen LogP contribution in [0.2, 0.25) is 0 Å². The van der Waals surface area contributed by atoms with Crippen LogP contribution in [0, 0.1) is 6.92 Å². The van der Waals surface area contributed by atoms with Crippen LogP contribution in [0.1, 0.15) is 17.5 Å². The van der Waals surface area contributed by atoms with E-state index in [1.54, 1.807) is 18.2 Å². The summed E-state index contributed by atoms with van der Waals surface area (Å²) in [6, 6.07) is 22.7. The van der Waals surface area contributed by atoms with Crippen LogP contribution in [0.15, 0.2) is 77.7 Å². The Labute approximate surface area is 212 Å². The van der Waals surface area contributed by atoms with E-state index in [0.29, 0.717) is 30.9 Å². The van der Waals surface area contributed by atoms with Gasteiger partial charge in [-0.3, -0.25) is 9.10 Å². The molecule has 2 aliphatic heterocycles. The molecule has 0 bridgehead atoms. The number of amides is 1. The van der Waals surface area contributed by atoms with Gasteiger partial charge in [-0.15, -0.1) is 0 Å². The fourth-order valence-corrected chi connectivity index (χ4v) is 6.53. The van der Waals surface area contributed by atoms with Crippen LogP contribution in [-0.2, 0) is 21.2 Å². The second-order valence-electron chi connectivity index (χ2n) is 9.23. The molecule has 1 saturated heterocycles. The Morgan fingerprint density at radius 2 is 1.61 bits per heavy atom. The molecule has 8 heteroatoms. The number of fused-ring (bicyclic) bond motifs is 1. The van der Waals surface area contributed by atoms with Gasteiger partial charge in [-0.1, -0.05) is 36.4 Å². The summed E-state index contributed by atoms with van der Waals surface area (Å²) < 4.78 is 34.2. The molecule has 0 aromatic heterocycles. The van der Waals surface area contributed by atoms with Gasteiger partial charge in [0, 0.05) is 38.4 Å². The first kappa shape index (κ1) is 24.2. The van der Waals surface area contributed by atoms with Crippen molar-refractivity contribution in [2.45, 2.75) is 24.7 Å². The number of rotatable bonds is 6. The SMILES string of the molecule is Cc1cc(S(=O)(=O)N2CCCc3ccccc32)ccc1OCC(=O)N1CCN(c2ccccc2)CC1. The smallest absolute Gasteiger partial charge is 0.264 e. The monoisotopic (exact) mass is 505 g/mol. The lowest BCUT2D eigenvalue weighted by atomic mass is 10.0. The lowest BCUT2D eigenvalue weighted by Crippen LogP contribution is -2.50. The fourth-order valence-electron chi connectivity index (χ4n) is 4.90. The maximum absolute atomic E-state index is 13.4. The molecule has 3 aromatic rings. The third kappa shape index (κ3) is 4.91. The number of aryl methyl sites for hydroxylation is 2. The standard InChI is InChI=1S/C28H31N3O4S/c1-22-20-25(36(33,34)31-15-7-9-23-8-5-6-12-26(23)31)13-14-27(22)35-21-28(32)30-18-16-29(17-19-30)24-10-3-2-4-11-24/h2-6,8,10-14,20H,7,9,15-19,21H2,1H3. The molecule has 0 N–H and O–H groups in total. The van der Waals surface area contributed by atoms with Crippen LogP contribution in [0.4, 0.5) is 11.4 Å². The van der Waals surface area contributed by atoms with E-state index in [2.05, 4.69) is 17.0 Å². The van der Waals surface area contributed by atoms with E-state index in [1.807, 2.05) is 54.3 Å². The van der Waals surface area contributed by atoms with Crippen LogP contribution < -0.4 is 13.9 Å². The number of carbonyl (C=O) groups excluding carboxylic acids is 1. The Kier molecular flexibility index (Phi) is 6.87. The van der Waals surface area contributed by atoms with Gasteiger partial charge in [0.2, 0.25) is 0 Å². The first-order chi connectivity index (χ1) is 17.4. The molecule has 0 radical (unpaired) electrons. The number of sulfonamides is 1. The highest BCUT2D eigenvalue weighted by Crippen LogP contribution is 2.33. The number of piperazine rings is 1. The highest BCUT2D eigenvalue weighted by molar-refractivity contribution is 7.92. The van der Waals surface area contributed by atoms with Crippen LogP contribution in [0.5, 0.6) is 5.75 Å². The number of nitrogens with zero attached hydrogens (tertiary/aromatic N) is 3. The van der Waals surface area contributed by atoms with E-state index in [1.165, 1.54) is 9.99 Å². The molecule has 36 heavy (non-hydrogen) atoms. The minimum absolute atomic E-state index is 0.0660. The molecular weight excluding hydrogens is 474 g/mol. The summed E-state index contributed by atoms with van der Waals surface area (Å²) in [7, 11) is -3.69. The van der Waals surface area contributed by atoms with Crippen molar-refractivity contribution in [2.75, 3.05) is 48.5 Å². The first-order valence-corrected chi connectivity index (χ1v) is 13.8. The van der Waals surface area contributed by atoms with Crippen molar-refractivity contribution in [1.82, 2.24) is 4.90 Å². The highest BCUT2D eigenvalue weighted by Gasteiger charge is 2.29. The van der Waals surface area contributed by atoms with Crippen LogP contribution in [-0.4, -0.2) is 58.6 Å². The summed E-state index contributed by atoms with van der Waals surface area (Å²) in [6.45, 7) is 5.04. The molecule has 0 unspecified atom stereocenters. The van der Waals surface area contributed by atoms with E-state index in [9.17, 15) is 13.2 Å². The summed E-state index contributed by atoms with van der Waals surface area (Å²) in [6.07, 6.45) is 1.67. The van der Waals surface area contributed by atoms with Gasteiger partial charge in [-0.25, -0.2) is 8.42 Å². The van der Waals surface area contributed by atoms with Gasteiger partial charge >= 0.3 is 0 Å². The Morgan fingerprint density at radius 1 is 0.889 bits per heavy atom. The van der Waals surface area contributed by atoms with E-state index in [4.69, 9.17) is 4.74 Å². The molecule has 0 atom stereocenters. The van der Waals surface area contributed by atoms with Crippen LogP contribution >= 0.6 is 0 Å². The number of hydrogen-bond donors (Lipinski definition) is 0. The Balaban J connectivity index is 1.21. The molecule has 0 aliphatic carbocycles. The molecule has 2 heterocycles. The predicted octanol–water partition coefficient (Wildman–Crippen LogP) is 3.86.